The second-order valence-electron chi connectivity index (χ2n) is 12.7. The molecule has 2 aromatic carbocycles. The van der Waals surface area contributed by atoms with E-state index in [1.807, 2.05) is 24.3 Å². The molecule has 0 aromatic heterocycles. The van der Waals surface area contributed by atoms with Gasteiger partial charge < -0.3 is 33.4 Å². The van der Waals surface area contributed by atoms with Crippen molar-refractivity contribution in [3.05, 3.63) is 52.7 Å². The van der Waals surface area contributed by atoms with Crippen LogP contribution in [0.2, 0.25) is 18.1 Å². The van der Waals surface area contributed by atoms with Gasteiger partial charge in [0.15, 0.2) is 28.7 Å². The Hall–Kier alpha value is -4.19. The van der Waals surface area contributed by atoms with Crippen molar-refractivity contribution in [2.75, 3.05) is 27.6 Å². The molecule has 227 valence electrons. The first kappa shape index (κ1) is 28.9. The summed E-state index contributed by atoms with van der Waals surface area (Å²) in [5.74, 6) is -0.524. The summed E-state index contributed by atoms with van der Waals surface area (Å²) >= 11 is 0. The lowest BCUT2D eigenvalue weighted by Gasteiger charge is -2.40. The van der Waals surface area contributed by atoms with E-state index in [0.717, 1.165) is 16.7 Å². The highest BCUT2D eigenvalue weighted by Gasteiger charge is 2.53. The van der Waals surface area contributed by atoms with Crippen molar-refractivity contribution in [2.45, 2.75) is 50.9 Å². The van der Waals surface area contributed by atoms with Crippen LogP contribution in [-0.2, 0) is 19.1 Å². The van der Waals surface area contributed by atoms with E-state index in [2.05, 4.69) is 44.5 Å². The normalized spacial score (nSPS) is 24.1. The van der Waals surface area contributed by atoms with Gasteiger partial charge in [0.05, 0.1) is 32.8 Å². The van der Waals surface area contributed by atoms with Crippen molar-refractivity contribution in [1.82, 2.24) is 10.6 Å². The summed E-state index contributed by atoms with van der Waals surface area (Å²) < 4.78 is 35.5. The Morgan fingerprint density at radius 1 is 0.930 bits per heavy atom. The van der Waals surface area contributed by atoms with Crippen LogP contribution >= 0.6 is 0 Å². The maximum Gasteiger partial charge on any atom is 0.310 e. The zero-order chi connectivity index (χ0) is 30.8. The minimum absolute atomic E-state index is 0.0635. The summed E-state index contributed by atoms with van der Waals surface area (Å²) in [4.78, 5) is 37.8. The Morgan fingerprint density at radius 3 is 2.12 bits per heavy atom. The first-order chi connectivity index (χ1) is 20.3. The molecular formula is C31H35N2O9Si. The minimum atomic E-state index is -2.27. The number of cyclic esters (lactones) is 1. The van der Waals surface area contributed by atoms with Gasteiger partial charge in [0, 0.05) is 17.9 Å². The Bertz CT molecular complexity index is 1540. The minimum Gasteiger partial charge on any atom is -0.539 e. The number of ether oxygens (including phenoxy) is 5. The van der Waals surface area contributed by atoms with Gasteiger partial charge in [-0.2, -0.15) is 5.32 Å². The summed E-state index contributed by atoms with van der Waals surface area (Å²) in [6.07, 6.45) is 1.17. The second kappa shape index (κ2) is 10.2. The number of carbonyl (C=O) groups excluding carboxylic acids is 3. The molecule has 2 aromatic rings. The third kappa shape index (κ3) is 4.77. The molecule has 0 saturated carbocycles. The molecule has 3 aliphatic heterocycles. The maximum atomic E-state index is 13.5. The van der Waals surface area contributed by atoms with Gasteiger partial charge in [-0.05, 0) is 59.1 Å². The number of methoxy groups -OCH3 is 2. The number of esters is 1. The van der Waals surface area contributed by atoms with Crippen LogP contribution in [-0.4, -0.2) is 53.7 Å². The average Bonchev–Trinajstić information content (AvgIpc) is 3.65. The average molecular weight is 608 g/mol. The zero-order valence-corrected chi connectivity index (χ0v) is 26.2. The Kier molecular flexibility index (Phi) is 6.87. The molecule has 43 heavy (non-hydrogen) atoms. The quantitative estimate of drug-likeness (QED) is 0.280. The van der Waals surface area contributed by atoms with Gasteiger partial charge in [-0.1, -0.05) is 20.8 Å². The van der Waals surface area contributed by atoms with Crippen LogP contribution in [0.3, 0.4) is 0 Å². The lowest BCUT2D eigenvalue weighted by atomic mass is 9.65. The smallest absolute Gasteiger partial charge is 0.310 e. The van der Waals surface area contributed by atoms with Gasteiger partial charge in [-0.3, -0.25) is 14.4 Å². The fourth-order valence-electron chi connectivity index (χ4n) is 5.99. The number of fused-ring (bicyclic) bond motifs is 3. The van der Waals surface area contributed by atoms with Gasteiger partial charge in [0.1, 0.15) is 5.70 Å². The van der Waals surface area contributed by atoms with E-state index in [0.29, 0.717) is 28.7 Å². The van der Waals surface area contributed by atoms with Crippen molar-refractivity contribution in [3.63, 3.8) is 0 Å². The first-order valence-electron chi connectivity index (χ1n) is 14.2. The molecule has 6 rings (SSSR count). The molecule has 3 heterocycles. The number of benzene rings is 2. The van der Waals surface area contributed by atoms with Crippen LogP contribution in [0.15, 0.2) is 36.0 Å². The Labute approximate surface area is 250 Å². The molecule has 1 fully saturated rings. The molecule has 11 nitrogen and oxygen atoms in total. The van der Waals surface area contributed by atoms with Crippen molar-refractivity contribution < 1.29 is 42.5 Å². The molecule has 1 radical (unpaired) electrons. The van der Waals surface area contributed by atoms with Crippen molar-refractivity contribution >= 4 is 26.1 Å². The van der Waals surface area contributed by atoms with E-state index in [4.69, 9.17) is 28.1 Å². The van der Waals surface area contributed by atoms with Crippen molar-refractivity contribution in [1.29, 1.82) is 0 Å². The van der Waals surface area contributed by atoms with Gasteiger partial charge in [-0.15, -0.1) is 0 Å². The topological polar surface area (TPSA) is 133 Å². The van der Waals surface area contributed by atoms with Crippen LogP contribution in [0.5, 0.6) is 28.7 Å². The molecule has 4 atom stereocenters. The van der Waals surface area contributed by atoms with Gasteiger partial charge in [-0.25, -0.2) is 0 Å². The van der Waals surface area contributed by atoms with Crippen LogP contribution in [0, 0.1) is 11.8 Å². The fourth-order valence-corrected chi connectivity index (χ4v) is 7.00. The van der Waals surface area contributed by atoms with E-state index in [1.165, 1.54) is 6.08 Å². The van der Waals surface area contributed by atoms with Crippen LogP contribution in [0.25, 0.3) is 0 Å². The van der Waals surface area contributed by atoms with E-state index in [9.17, 15) is 14.4 Å². The maximum absolute atomic E-state index is 13.5. The highest BCUT2D eigenvalue weighted by molar-refractivity contribution is 6.74. The largest absolute Gasteiger partial charge is 0.539 e. The number of carbonyl (C=O) groups is 3. The predicted octanol–water partition coefficient (Wildman–Crippen LogP) is 3.94. The summed E-state index contributed by atoms with van der Waals surface area (Å²) in [5, 5.41) is 6.63. The van der Waals surface area contributed by atoms with E-state index in [1.54, 1.807) is 14.2 Å². The highest BCUT2D eigenvalue weighted by Crippen LogP contribution is 2.56. The van der Waals surface area contributed by atoms with Gasteiger partial charge in [0.25, 0.3) is 20.1 Å². The monoisotopic (exact) mass is 607 g/mol. The van der Waals surface area contributed by atoms with Gasteiger partial charge in [0.2, 0.25) is 6.79 Å². The van der Waals surface area contributed by atoms with E-state index < -0.39 is 38.0 Å². The number of hydrogen-bond acceptors (Lipinski definition) is 10. The number of nitrogens with zero attached hydrogens (tertiary/aromatic N) is 1. The molecule has 0 spiro atoms. The number of imide groups is 1. The first-order valence-corrected chi connectivity index (χ1v) is 17.1. The van der Waals surface area contributed by atoms with E-state index >= 15 is 0 Å². The summed E-state index contributed by atoms with van der Waals surface area (Å²) in [6, 6.07) is 6.97. The van der Waals surface area contributed by atoms with Crippen molar-refractivity contribution in [3.8, 4) is 28.7 Å². The molecule has 1 saturated heterocycles. The second-order valence-corrected chi connectivity index (χ2v) is 17.4. The number of hydrogen-bond donors (Lipinski definition) is 1. The fraction of sp³-hybridized carbons (Fsp3) is 0.452. The lowest BCUT2D eigenvalue weighted by molar-refractivity contribution is -0.141. The molecule has 0 bridgehead atoms. The number of rotatable bonds is 7. The summed E-state index contributed by atoms with van der Waals surface area (Å²) in [5.41, 5.74) is 2.43. The molecule has 0 unspecified atom stereocenters. The van der Waals surface area contributed by atoms with E-state index in [-0.39, 0.29) is 36.0 Å². The molecule has 2 amide bonds. The number of nitrogens with one attached hydrogen (secondary N) is 1. The summed E-state index contributed by atoms with van der Waals surface area (Å²) in [7, 11) is 0.882. The van der Waals surface area contributed by atoms with Crippen LogP contribution < -0.4 is 34.0 Å². The Balaban J connectivity index is 1.51. The lowest BCUT2D eigenvalue weighted by Crippen LogP contribution is -2.44. The van der Waals surface area contributed by atoms with Crippen molar-refractivity contribution in [2.24, 2.45) is 11.8 Å². The molecular weight excluding hydrogens is 572 g/mol. The highest BCUT2D eigenvalue weighted by atomic mass is 28.4. The van der Waals surface area contributed by atoms with Crippen LogP contribution in [0.1, 0.15) is 49.4 Å². The standard InChI is InChI=1S/C31H35N2O9Si/c1-31(2,3)43(6,7)42-28-22(37-4)8-15(9-23(28)38-5)25-16-10-20-21(41-14-40-20)11-17(16)27(18-13-39-30(36)26(18)25)32-19-12-24(34)33-29(19)35/h8-12,18,25-27,32H,13-14H2,1-7H3/t18-,25+,26-,27+/m0/s1. The zero-order valence-electron chi connectivity index (χ0n) is 25.2. The van der Waals surface area contributed by atoms with Gasteiger partial charge >= 0.3 is 5.97 Å². The third-order valence-corrected chi connectivity index (χ3v) is 13.5. The SMILES string of the molecule is COc1cc([C@@H]2c3cc4c(cc3[C@@H](NC3=CC(=O)[N]C3=O)[C@H]3COC(=O)[C@H]23)OCO4)cc(OC)c1O[Si](C)(C)C(C)(C)C. The molecule has 12 heteroatoms. The molecule has 4 aliphatic rings. The molecule has 1 N–H and O–H groups in total. The third-order valence-electron chi connectivity index (χ3n) is 9.21. The number of amides is 2. The predicted molar refractivity (Wildman–Crippen MR) is 156 cm³/mol. The van der Waals surface area contributed by atoms with Crippen LogP contribution in [0.4, 0.5) is 0 Å². The summed E-state index contributed by atoms with van der Waals surface area (Å²) in [6.45, 7) is 11.0. The molecule has 1 aliphatic carbocycles. The Morgan fingerprint density at radius 2 is 1.56 bits per heavy atom.